The smallest absolute Gasteiger partial charge is 0.404 e. The third kappa shape index (κ3) is 3.45. The van der Waals surface area contributed by atoms with Crippen LogP contribution in [0.5, 0.6) is 5.75 Å². The molecule has 2 aromatic rings. The van der Waals surface area contributed by atoms with Crippen molar-refractivity contribution in [2.75, 3.05) is 24.6 Å². The maximum absolute atomic E-state index is 10.7. The second-order valence-electron chi connectivity index (χ2n) is 5.82. The SMILES string of the molecule is CCN(c1ccccc1)c1ccc2c(c1)OCC[C@H]2CNC(=O)O. The molecule has 1 heterocycles. The summed E-state index contributed by atoms with van der Waals surface area (Å²) in [5, 5.41) is 11.3. The Balaban J connectivity index is 1.86. The Morgan fingerprint density at radius 2 is 2.04 bits per heavy atom. The van der Waals surface area contributed by atoms with E-state index in [-0.39, 0.29) is 5.92 Å². The minimum atomic E-state index is -0.985. The number of carboxylic acid groups (broad SMARTS) is 1. The highest BCUT2D eigenvalue weighted by Crippen LogP contribution is 2.37. The molecule has 1 aliphatic rings. The van der Waals surface area contributed by atoms with Gasteiger partial charge in [-0.25, -0.2) is 4.79 Å². The van der Waals surface area contributed by atoms with Gasteiger partial charge in [0.1, 0.15) is 5.75 Å². The first-order chi connectivity index (χ1) is 11.7. The molecule has 24 heavy (non-hydrogen) atoms. The standard InChI is InChI=1S/C19H22N2O3/c1-2-21(15-6-4-3-5-7-15)16-8-9-17-14(13-20-19(22)23)10-11-24-18(17)12-16/h3-9,12,14,20H,2,10-11,13H2,1H3,(H,22,23)/t14-/m0/s1. The quantitative estimate of drug-likeness (QED) is 0.872. The van der Waals surface area contributed by atoms with E-state index in [4.69, 9.17) is 9.84 Å². The topological polar surface area (TPSA) is 61.8 Å². The lowest BCUT2D eigenvalue weighted by atomic mass is 9.92. The van der Waals surface area contributed by atoms with Gasteiger partial charge in [-0.2, -0.15) is 0 Å². The van der Waals surface area contributed by atoms with Gasteiger partial charge >= 0.3 is 6.09 Å². The van der Waals surface area contributed by atoms with Crippen LogP contribution in [0.25, 0.3) is 0 Å². The van der Waals surface area contributed by atoms with Crippen LogP contribution in [0.2, 0.25) is 0 Å². The number of fused-ring (bicyclic) bond motifs is 1. The number of para-hydroxylation sites is 1. The molecule has 2 aromatic carbocycles. The molecule has 5 heteroatoms. The summed E-state index contributed by atoms with van der Waals surface area (Å²) in [7, 11) is 0. The van der Waals surface area contributed by atoms with E-state index < -0.39 is 6.09 Å². The van der Waals surface area contributed by atoms with Crippen LogP contribution in [-0.2, 0) is 0 Å². The first kappa shape index (κ1) is 16.2. The maximum Gasteiger partial charge on any atom is 0.404 e. The van der Waals surface area contributed by atoms with Gasteiger partial charge in [0.05, 0.1) is 6.61 Å². The van der Waals surface area contributed by atoms with E-state index in [2.05, 4.69) is 47.5 Å². The Bertz CT molecular complexity index is 703. The zero-order valence-corrected chi connectivity index (χ0v) is 13.7. The predicted molar refractivity (Wildman–Crippen MR) is 94.4 cm³/mol. The normalized spacial score (nSPS) is 16.0. The number of carbonyl (C=O) groups is 1. The Hall–Kier alpha value is -2.69. The van der Waals surface area contributed by atoms with E-state index in [1.54, 1.807) is 0 Å². The zero-order valence-electron chi connectivity index (χ0n) is 13.7. The largest absolute Gasteiger partial charge is 0.493 e. The van der Waals surface area contributed by atoms with Gasteiger partial charge in [0.2, 0.25) is 0 Å². The molecule has 126 valence electrons. The van der Waals surface area contributed by atoms with E-state index in [9.17, 15) is 4.79 Å². The second-order valence-corrected chi connectivity index (χ2v) is 5.82. The van der Waals surface area contributed by atoms with Crippen molar-refractivity contribution in [3.8, 4) is 5.75 Å². The van der Waals surface area contributed by atoms with Crippen molar-refractivity contribution in [2.45, 2.75) is 19.3 Å². The second kappa shape index (κ2) is 7.25. The highest BCUT2D eigenvalue weighted by atomic mass is 16.5. The van der Waals surface area contributed by atoms with Crippen LogP contribution in [0.15, 0.2) is 48.5 Å². The molecule has 0 radical (unpaired) electrons. The number of ether oxygens (including phenoxy) is 1. The number of amides is 1. The summed E-state index contributed by atoms with van der Waals surface area (Å²) >= 11 is 0. The van der Waals surface area contributed by atoms with Crippen molar-refractivity contribution in [3.63, 3.8) is 0 Å². The Morgan fingerprint density at radius 3 is 2.75 bits per heavy atom. The lowest BCUT2D eigenvalue weighted by Crippen LogP contribution is -2.29. The van der Waals surface area contributed by atoms with Gasteiger partial charge in [0.15, 0.2) is 0 Å². The summed E-state index contributed by atoms with van der Waals surface area (Å²) in [6.45, 7) is 4.00. The van der Waals surface area contributed by atoms with E-state index in [1.807, 2.05) is 18.2 Å². The molecule has 2 N–H and O–H groups in total. The fourth-order valence-corrected chi connectivity index (χ4v) is 3.16. The van der Waals surface area contributed by atoms with Crippen molar-refractivity contribution in [3.05, 3.63) is 54.1 Å². The molecule has 5 nitrogen and oxygen atoms in total. The lowest BCUT2D eigenvalue weighted by molar-refractivity contribution is 0.191. The Morgan fingerprint density at radius 1 is 1.25 bits per heavy atom. The maximum atomic E-state index is 10.7. The summed E-state index contributed by atoms with van der Waals surface area (Å²) in [4.78, 5) is 13.0. The molecule has 3 rings (SSSR count). The number of nitrogens with zero attached hydrogens (tertiary/aromatic N) is 1. The Kier molecular flexibility index (Phi) is 4.89. The van der Waals surface area contributed by atoms with Crippen LogP contribution in [0.1, 0.15) is 24.8 Å². The van der Waals surface area contributed by atoms with Gasteiger partial charge in [-0.1, -0.05) is 24.3 Å². The van der Waals surface area contributed by atoms with Crippen LogP contribution in [-0.4, -0.2) is 30.9 Å². The molecule has 0 saturated carbocycles. The number of benzene rings is 2. The van der Waals surface area contributed by atoms with Gasteiger partial charge in [-0.15, -0.1) is 0 Å². The van der Waals surface area contributed by atoms with Gasteiger partial charge in [0.25, 0.3) is 0 Å². The fourth-order valence-electron chi connectivity index (χ4n) is 3.16. The molecule has 1 atom stereocenters. The van der Waals surface area contributed by atoms with E-state index in [1.165, 1.54) is 0 Å². The van der Waals surface area contributed by atoms with Gasteiger partial charge in [0, 0.05) is 36.4 Å². The minimum absolute atomic E-state index is 0.158. The highest BCUT2D eigenvalue weighted by Gasteiger charge is 2.23. The summed E-state index contributed by atoms with van der Waals surface area (Å²) in [6.07, 6.45) is -0.163. The number of rotatable bonds is 5. The molecular formula is C19H22N2O3. The van der Waals surface area contributed by atoms with Crippen LogP contribution in [0.3, 0.4) is 0 Å². The van der Waals surface area contributed by atoms with E-state index >= 15 is 0 Å². The highest BCUT2D eigenvalue weighted by molar-refractivity contribution is 5.66. The number of hydrogen-bond donors (Lipinski definition) is 2. The average molecular weight is 326 g/mol. The van der Waals surface area contributed by atoms with Crippen molar-refractivity contribution >= 4 is 17.5 Å². The summed E-state index contributed by atoms with van der Waals surface area (Å²) in [5.41, 5.74) is 3.29. The predicted octanol–water partition coefficient (Wildman–Crippen LogP) is 3.98. The number of anilines is 2. The monoisotopic (exact) mass is 326 g/mol. The van der Waals surface area contributed by atoms with E-state index in [0.717, 1.165) is 35.7 Å². The van der Waals surface area contributed by atoms with Crippen LogP contribution >= 0.6 is 0 Å². The summed E-state index contributed by atoms with van der Waals surface area (Å²) in [6, 6.07) is 16.4. The minimum Gasteiger partial charge on any atom is -0.493 e. The first-order valence-corrected chi connectivity index (χ1v) is 8.25. The first-order valence-electron chi connectivity index (χ1n) is 8.25. The van der Waals surface area contributed by atoms with Crippen LogP contribution in [0, 0.1) is 0 Å². The third-order valence-electron chi connectivity index (χ3n) is 4.36. The molecule has 0 saturated heterocycles. The van der Waals surface area contributed by atoms with Crippen LogP contribution in [0.4, 0.5) is 16.2 Å². The van der Waals surface area contributed by atoms with Crippen molar-refractivity contribution in [2.24, 2.45) is 0 Å². The molecule has 0 bridgehead atoms. The molecular weight excluding hydrogens is 304 g/mol. The molecule has 0 aliphatic carbocycles. The summed E-state index contributed by atoms with van der Waals surface area (Å²) < 4.78 is 5.83. The van der Waals surface area contributed by atoms with Gasteiger partial charge < -0.3 is 20.1 Å². The fraction of sp³-hybridized carbons (Fsp3) is 0.316. The van der Waals surface area contributed by atoms with Gasteiger partial charge in [-0.3, -0.25) is 0 Å². The molecule has 1 amide bonds. The Labute approximate surface area is 141 Å². The summed E-state index contributed by atoms with van der Waals surface area (Å²) in [5.74, 6) is 1.01. The van der Waals surface area contributed by atoms with Gasteiger partial charge in [-0.05, 0) is 37.1 Å². The van der Waals surface area contributed by atoms with E-state index in [0.29, 0.717) is 13.2 Å². The van der Waals surface area contributed by atoms with Crippen molar-refractivity contribution in [1.82, 2.24) is 5.32 Å². The van der Waals surface area contributed by atoms with Crippen molar-refractivity contribution in [1.29, 1.82) is 0 Å². The zero-order chi connectivity index (χ0) is 16.9. The third-order valence-corrected chi connectivity index (χ3v) is 4.36. The molecule has 1 aliphatic heterocycles. The number of hydrogen-bond acceptors (Lipinski definition) is 3. The number of nitrogens with one attached hydrogen (secondary N) is 1. The van der Waals surface area contributed by atoms with Crippen molar-refractivity contribution < 1.29 is 14.6 Å². The molecule has 0 fully saturated rings. The lowest BCUT2D eigenvalue weighted by Gasteiger charge is -2.29. The molecule has 0 spiro atoms. The average Bonchev–Trinajstić information content (AvgIpc) is 2.61. The molecule has 0 aromatic heterocycles. The molecule has 0 unspecified atom stereocenters. The van der Waals surface area contributed by atoms with Crippen LogP contribution < -0.4 is 15.0 Å².